The molecule has 0 saturated carbocycles. The number of hydrogen-bond acceptors (Lipinski definition) is 6. The first kappa shape index (κ1) is 21.8. The van der Waals surface area contributed by atoms with Gasteiger partial charge in [-0.05, 0) is 49.9 Å². The summed E-state index contributed by atoms with van der Waals surface area (Å²) in [5.41, 5.74) is 0.579. The van der Waals surface area contributed by atoms with Gasteiger partial charge < -0.3 is 9.64 Å². The summed E-state index contributed by atoms with van der Waals surface area (Å²) in [6.07, 6.45) is 7.04. The second-order valence-electron chi connectivity index (χ2n) is 7.58. The number of amides is 1. The van der Waals surface area contributed by atoms with Crippen LogP contribution in [0.1, 0.15) is 68.6 Å². The summed E-state index contributed by atoms with van der Waals surface area (Å²) in [5.74, 6) is 1.35. The number of rotatable bonds is 11. The second-order valence-corrected chi connectivity index (χ2v) is 7.58. The molecule has 1 saturated heterocycles. The zero-order valence-corrected chi connectivity index (χ0v) is 17.7. The van der Waals surface area contributed by atoms with Gasteiger partial charge in [0, 0.05) is 31.5 Å². The number of unbranched alkanes of at least 4 members (excludes halogenated alkanes) is 2. The lowest BCUT2D eigenvalue weighted by Gasteiger charge is -2.24. The number of aromatic nitrogens is 3. The lowest BCUT2D eigenvalue weighted by molar-refractivity contribution is -0.116. The molecule has 1 amide bonds. The first-order valence-corrected chi connectivity index (χ1v) is 10.9. The average Bonchev–Trinajstić information content (AvgIpc) is 3.24. The Morgan fingerprint density at radius 1 is 1.10 bits per heavy atom. The number of ketones is 1. The SMILES string of the molecule is CCCCCOc1ccc(C(=O)CCC(=O)Nc2nc(N3CCCCC3)n[nH]2)cc1. The molecule has 2 aromatic rings. The van der Waals surface area contributed by atoms with Crippen LogP contribution in [0, 0.1) is 0 Å². The maximum absolute atomic E-state index is 12.4. The van der Waals surface area contributed by atoms with Gasteiger partial charge in [-0.1, -0.05) is 19.8 Å². The molecule has 1 fully saturated rings. The largest absolute Gasteiger partial charge is 0.494 e. The number of carbonyl (C=O) groups is 2. The number of ether oxygens (including phenoxy) is 1. The maximum atomic E-state index is 12.4. The van der Waals surface area contributed by atoms with E-state index in [9.17, 15) is 9.59 Å². The van der Waals surface area contributed by atoms with Crippen molar-refractivity contribution in [1.82, 2.24) is 15.2 Å². The van der Waals surface area contributed by atoms with E-state index in [-0.39, 0.29) is 24.5 Å². The Morgan fingerprint density at radius 2 is 1.87 bits per heavy atom. The molecule has 2 N–H and O–H groups in total. The molecule has 0 aliphatic carbocycles. The monoisotopic (exact) mass is 413 g/mol. The van der Waals surface area contributed by atoms with Gasteiger partial charge in [-0.25, -0.2) is 5.10 Å². The highest BCUT2D eigenvalue weighted by atomic mass is 16.5. The molecule has 8 nitrogen and oxygen atoms in total. The zero-order valence-electron chi connectivity index (χ0n) is 17.7. The molecule has 3 rings (SSSR count). The summed E-state index contributed by atoms with van der Waals surface area (Å²) in [6.45, 7) is 4.70. The van der Waals surface area contributed by atoms with E-state index in [0.29, 0.717) is 24.1 Å². The maximum Gasteiger partial charge on any atom is 0.246 e. The highest BCUT2D eigenvalue weighted by Crippen LogP contribution is 2.17. The Bertz CT molecular complexity index is 812. The summed E-state index contributed by atoms with van der Waals surface area (Å²) in [4.78, 5) is 31.0. The van der Waals surface area contributed by atoms with Crippen molar-refractivity contribution in [2.24, 2.45) is 0 Å². The normalized spacial score (nSPS) is 13.8. The predicted molar refractivity (Wildman–Crippen MR) is 116 cm³/mol. The van der Waals surface area contributed by atoms with E-state index in [2.05, 4.69) is 32.3 Å². The Kier molecular flexibility index (Phi) is 8.23. The molecule has 2 heterocycles. The van der Waals surface area contributed by atoms with Crippen LogP contribution < -0.4 is 15.0 Å². The molecule has 0 spiro atoms. The van der Waals surface area contributed by atoms with Crippen LogP contribution in [0.3, 0.4) is 0 Å². The Hall–Kier alpha value is -2.90. The molecular weight excluding hydrogens is 382 g/mol. The number of benzene rings is 1. The number of anilines is 2. The molecule has 1 aliphatic heterocycles. The summed E-state index contributed by atoms with van der Waals surface area (Å²) in [7, 11) is 0. The van der Waals surface area contributed by atoms with Crippen LogP contribution in [-0.4, -0.2) is 46.6 Å². The van der Waals surface area contributed by atoms with E-state index in [4.69, 9.17) is 4.74 Å². The number of aromatic amines is 1. The summed E-state index contributed by atoms with van der Waals surface area (Å²) < 4.78 is 5.66. The van der Waals surface area contributed by atoms with Crippen molar-refractivity contribution in [3.05, 3.63) is 29.8 Å². The highest BCUT2D eigenvalue weighted by molar-refractivity contribution is 5.99. The molecule has 0 atom stereocenters. The van der Waals surface area contributed by atoms with Crippen molar-refractivity contribution < 1.29 is 14.3 Å². The summed E-state index contributed by atoms with van der Waals surface area (Å²) in [5, 5.41) is 9.61. The standard InChI is InChI=1S/C22H31N5O3/c1-2-3-7-16-30-18-10-8-17(9-11-18)19(28)12-13-20(29)23-21-24-22(26-25-21)27-14-5-4-6-15-27/h8-11H,2-7,12-16H2,1H3,(H2,23,24,25,26,29). The smallest absolute Gasteiger partial charge is 0.246 e. The van der Waals surface area contributed by atoms with Gasteiger partial charge >= 0.3 is 0 Å². The first-order chi connectivity index (χ1) is 14.7. The van der Waals surface area contributed by atoms with Gasteiger partial charge in [-0.3, -0.25) is 14.9 Å². The van der Waals surface area contributed by atoms with Gasteiger partial charge in [0.05, 0.1) is 6.61 Å². The Balaban J connectivity index is 1.41. The van der Waals surface area contributed by atoms with Crippen LogP contribution in [-0.2, 0) is 4.79 Å². The van der Waals surface area contributed by atoms with Crippen molar-refractivity contribution in [2.45, 2.75) is 58.3 Å². The third kappa shape index (κ3) is 6.57. The number of piperidine rings is 1. The van der Waals surface area contributed by atoms with Crippen molar-refractivity contribution in [3.63, 3.8) is 0 Å². The van der Waals surface area contributed by atoms with Gasteiger partial charge in [-0.15, -0.1) is 5.10 Å². The minimum absolute atomic E-state index is 0.0748. The van der Waals surface area contributed by atoms with E-state index in [1.165, 1.54) is 6.42 Å². The van der Waals surface area contributed by atoms with Gasteiger partial charge in [-0.2, -0.15) is 4.98 Å². The predicted octanol–water partition coefficient (Wildman–Crippen LogP) is 3.97. The topological polar surface area (TPSA) is 100 Å². The van der Waals surface area contributed by atoms with Crippen molar-refractivity contribution in [1.29, 1.82) is 0 Å². The fourth-order valence-electron chi connectivity index (χ4n) is 3.39. The average molecular weight is 414 g/mol. The molecule has 0 bridgehead atoms. The number of nitrogens with one attached hydrogen (secondary N) is 2. The molecule has 1 aromatic heterocycles. The van der Waals surface area contributed by atoms with Gasteiger partial charge in [0.1, 0.15) is 5.75 Å². The van der Waals surface area contributed by atoms with Crippen LogP contribution in [0.4, 0.5) is 11.9 Å². The third-order valence-corrected chi connectivity index (χ3v) is 5.14. The van der Waals surface area contributed by atoms with Gasteiger partial charge in [0.2, 0.25) is 17.8 Å². The number of H-pyrrole nitrogens is 1. The van der Waals surface area contributed by atoms with Crippen LogP contribution in [0.15, 0.2) is 24.3 Å². The number of hydrogen-bond donors (Lipinski definition) is 2. The Morgan fingerprint density at radius 3 is 2.60 bits per heavy atom. The molecule has 0 radical (unpaired) electrons. The molecule has 0 unspecified atom stereocenters. The lowest BCUT2D eigenvalue weighted by Crippen LogP contribution is -2.30. The molecule has 162 valence electrons. The van der Waals surface area contributed by atoms with E-state index < -0.39 is 0 Å². The molecule has 1 aromatic carbocycles. The van der Waals surface area contributed by atoms with Crippen molar-refractivity contribution in [2.75, 3.05) is 29.9 Å². The van der Waals surface area contributed by atoms with Gasteiger partial charge in [0.25, 0.3) is 0 Å². The van der Waals surface area contributed by atoms with Crippen LogP contribution in [0.2, 0.25) is 0 Å². The second kappa shape index (κ2) is 11.3. The van der Waals surface area contributed by atoms with Crippen molar-refractivity contribution in [3.8, 4) is 5.75 Å². The van der Waals surface area contributed by atoms with E-state index >= 15 is 0 Å². The highest BCUT2D eigenvalue weighted by Gasteiger charge is 2.16. The number of Topliss-reactive ketones (excluding diaryl/α,β-unsaturated/α-hetero) is 1. The van der Waals surface area contributed by atoms with Crippen LogP contribution in [0.25, 0.3) is 0 Å². The van der Waals surface area contributed by atoms with E-state index in [0.717, 1.165) is 50.9 Å². The van der Waals surface area contributed by atoms with E-state index in [1.54, 1.807) is 24.3 Å². The summed E-state index contributed by atoms with van der Waals surface area (Å²) in [6, 6.07) is 7.10. The first-order valence-electron chi connectivity index (χ1n) is 10.9. The lowest BCUT2D eigenvalue weighted by atomic mass is 10.1. The zero-order chi connectivity index (χ0) is 21.2. The molecule has 30 heavy (non-hydrogen) atoms. The van der Waals surface area contributed by atoms with Crippen LogP contribution in [0.5, 0.6) is 5.75 Å². The minimum atomic E-state index is -0.263. The fraction of sp³-hybridized carbons (Fsp3) is 0.545. The van der Waals surface area contributed by atoms with E-state index in [1.807, 2.05) is 0 Å². The minimum Gasteiger partial charge on any atom is -0.494 e. The molecule has 1 aliphatic rings. The molecular formula is C22H31N5O3. The van der Waals surface area contributed by atoms with Crippen molar-refractivity contribution >= 4 is 23.6 Å². The quantitative estimate of drug-likeness (QED) is 0.427. The van der Waals surface area contributed by atoms with Gasteiger partial charge in [0.15, 0.2) is 5.78 Å². The Labute approximate surface area is 177 Å². The third-order valence-electron chi connectivity index (χ3n) is 5.14. The fourth-order valence-corrected chi connectivity index (χ4v) is 3.39. The number of nitrogens with zero attached hydrogens (tertiary/aromatic N) is 3. The van der Waals surface area contributed by atoms with Crippen LogP contribution >= 0.6 is 0 Å². The number of carbonyl (C=O) groups excluding carboxylic acids is 2. The summed E-state index contributed by atoms with van der Waals surface area (Å²) >= 11 is 0. The molecule has 8 heteroatoms.